The van der Waals surface area contributed by atoms with Crippen molar-refractivity contribution < 1.29 is 16.8 Å². The van der Waals surface area contributed by atoms with E-state index >= 15 is 0 Å². The Morgan fingerprint density at radius 2 is 1.68 bits per heavy atom. The van der Waals surface area contributed by atoms with Gasteiger partial charge >= 0.3 is 0 Å². The molecule has 0 bridgehead atoms. The molecule has 8 heteroatoms. The maximum atomic E-state index is 12.3. The van der Waals surface area contributed by atoms with Gasteiger partial charge in [-0.1, -0.05) is 41.9 Å². The van der Waals surface area contributed by atoms with Crippen LogP contribution in [0.15, 0.2) is 53.4 Å². The van der Waals surface area contributed by atoms with Crippen molar-refractivity contribution in [2.75, 3.05) is 12.3 Å². The lowest BCUT2D eigenvalue weighted by Gasteiger charge is -2.10. The summed E-state index contributed by atoms with van der Waals surface area (Å²) in [5, 5.41) is 0.462. The van der Waals surface area contributed by atoms with E-state index in [4.69, 9.17) is 11.6 Å². The Labute approximate surface area is 154 Å². The number of hydrogen-bond acceptors (Lipinski definition) is 4. The predicted octanol–water partition coefficient (Wildman–Crippen LogP) is 2.93. The fourth-order valence-corrected chi connectivity index (χ4v) is 5.35. The number of hydrogen-bond donors (Lipinski definition) is 1. The Balaban J connectivity index is 1.89. The zero-order chi connectivity index (χ0) is 18.5. The first-order valence-corrected chi connectivity index (χ1v) is 11.4. The lowest BCUT2D eigenvalue weighted by molar-refractivity contribution is 0.575. The Hall–Kier alpha value is -1.41. The summed E-state index contributed by atoms with van der Waals surface area (Å²) in [7, 11) is -6.97. The van der Waals surface area contributed by atoms with Crippen molar-refractivity contribution in [3.05, 3.63) is 64.7 Å². The first-order valence-electron chi connectivity index (χ1n) is 7.70. The second kappa shape index (κ2) is 8.31. The third-order valence-electron chi connectivity index (χ3n) is 3.58. The van der Waals surface area contributed by atoms with Crippen LogP contribution >= 0.6 is 11.6 Å². The molecule has 0 radical (unpaired) electrons. The van der Waals surface area contributed by atoms with E-state index in [1.807, 2.05) is 6.07 Å². The Morgan fingerprint density at radius 1 is 1.00 bits per heavy atom. The first-order chi connectivity index (χ1) is 11.7. The average Bonchev–Trinajstić information content (AvgIpc) is 2.52. The van der Waals surface area contributed by atoms with Gasteiger partial charge in [0.2, 0.25) is 10.0 Å². The van der Waals surface area contributed by atoms with Gasteiger partial charge in [0.15, 0.2) is 9.84 Å². The molecule has 136 valence electrons. The third-order valence-corrected chi connectivity index (χ3v) is 7.12. The molecule has 2 aromatic rings. The maximum Gasteiger partial charge on any atom is 0.240 e. The molecule has 0 saturated heterocycles. The summed E-state index contributed by atoms with van der Waals surface area (Å²) < 4.78 is 51.2. The van der Waals surface area contributed by atoms with Gasteiger partial charge in [0.25, 0.3) is 0 Å². The monoisotopic (exact) mass is 401 g/mol. The SMILES string of the molecule is Cc1cc(Cl)ccc1S(=O)(=O)NCCCS(=O)(=O)Cc1ccccc1. The van der Waals surface area contributed by atoms with E-state index < -0.39 is 19.9 Å². The molecule has 0 aromatic heterocycles. The molecule has 0 fully saturated rings. The second-order valence-electron chi connectivity index (χ2n) is 5.74. The molecule has 0 unspecified atom stereocenters. The van der Waals surface area contributed by atoms with Gasteiger partial charge in [-0.2, -0.15) is 0 Å². The van der Waals surface area contributed by atoms with Gasteiger partial charge in [0, 0.05) is 11.6 Å². The van der Waals surface area contributed by atoms with Crippen LogP contribution in [0.25, 0.3) is 0 Å². The van der Waals surface area contributed by atoms with Gasteiger partial charge in [0.1, 0.15) is 0 Å². The second-order valence-corrected chi connectivity index (χ2v) is 10.1. The summed E-state index contributed by atoms with van der Waals surface area (Å²) in [5.74, 6) is -0.124. The summed E-state index contributed by atoms with van der Waals surface area (Å²) in [6.45, 7) is 1.71. The van der Waals surface area contributed by atoms with Crippen LogP contribution in [0.4, 0.5) is 0 Å². The van der Waals surface area contributed by atoms with Crippen molar-refractivity contribution in [3.8, 4) is 0 Å². The van der Waals surface area contributed by atoms with Crippen molar-refractivity contribution in [2.24, 2.45) is 0 Å². The highest BCUT2D eigenvalue weighted by molar-refractivity contribution is 7.90. The summed E-state index contributed by atoms with van der Waals surface area (Å²) in [6, 6.07) is 13.4. The zero-order valence-electron chi connectivity index (χ0n) is 13.8. The van der Waals surface area contributed by atoms with Crippen molar-refractivity contribution in [1.82, 2.24) is 4.72 Å². The summed E-state index contributed by atoms with van der Waals surface area (Å²) >= 11 is 5.83. The standard InChI is InChI=1S/C17H20ClNO4S2/c1-14-12-16(18)8-9-17(14)25(22,23)19-10-5-11-24(20,21)13-15-6-3-2-4-7-15/h2-4,6-9,12,19H,5,10-11,13H2,1H3. The van der Waals surface area contributed by atoms with Crippen LogP contribution in [0.5, 0.6) is 0 Å². The van der Waals surface area contributed by atoms with Crippen LogP contribution in [0.2, 0.25) is 5.02 Å². The van der Waals surface area contributed by atoms with Gasteiger partial charge in [0.05, 0.1) is 16.4 Å². The highest BCUT2D eigenvalue weighted by Crippen LogP contribution is 2.19. The van der Waals surface area contributed by atoms with E-state index in [2.05, 4.69) is 4.72 Å². The van der Waals surface area contributed by atoms with E-state index in [9.17, 15) is 16.8 Å². The van der Waals surface area contributed by atoms with Crippen LogP contribution < -0.4 is 4.72 Å². The Bertz CT molecular complexity index is 926. The fourth-order valence-electron chi connectivity index (χ4n) is 2.39. The fraction of sp³-hybridized carbons (Fsp3) is 0.294. The zero-order valence-corrected chi connectivity index (χ0v) is 16.2. The number of aryl methyl sites for hydroxylation is 1. The smallest absolute Gasteiger partial charge is 0.228 e. The molecule has 1 N–H and O–H groups in total. The molecule has 5 nitrogen and oxygen atoms in total. The van der Waals surface area contributed by atoms with E-state index in [0.717, 1.165) is 5.56 Å². The highest BCUT2D eigenvalue weighted by atomic mass is 35.5. The molecule has 0 aliphatic heterocycles. The van der Waals surface area contributed by atoms with Gasteiger partial charge in [-0.3, -0.25) is 0 Å². The van der Waals surface area contributed by atoms with Crippen molar-refractivity contribution >= 4 is 31.5 Å². The van der Waals surface area contributed by atoms with Crippen LogP contribution in [0.1, 0.15) is 17.5 Å². The number of halogens is 1. The van der Waals surface area contributed by atoms with Crippen molar-refractivity contribution in [1.29, 1.82) is 0 Å². The molecule has 0 atom stereocenters. The van der Waals surface area contributed by atoms with Gasteiger partial charge in [-0.15, -0.1) is 0 Å². The largest absolute Gasteiger partial charge is 0.240 e. The normalized spacial score (nSPS) is 12.2. The Morgan fingerprint density at radius 3 is 2.32 bits per heavy atom. The topological polar surface area (TPSA) is 80.3 Å². The molecule has 0 aliphatic carbocycles. The lowest BCUT2D eigenvalue weighted by atomic mass is 10.2. The van der Waals surface area contributed by atoms with E-state index in [1.54, 1.807) is 37.3 Å². The van der Waals surface area contributed by atoms with Gasteiger partial charge in [-0.25, -0.2) is 21.6 Å². The summed E-state index contributed by atoms with van der Waals surface area (Å²) in [6.07, 6.45) is 0.209. The lowest BCUT2D eigenvalue weighted by Crippen LogP contribution is -2.27. The summed E-state index contributed by atoms with van der Waals surface area (Å²) in [4.78, 5) is 0.143. The van der Waals surface area contributed by atoms with Crippen LogP contribution in [-0.2, 0) is 25.6 Å². The predicted molar refractivity (Wildman–Crippen MR) is 99.9 cm³/mol. The molecule has 0 amide bonds. The molecule has 2 rings (SSSR count). The van der Waals surface area contributed by atoms with E-state index in [0.29, 0.717) is 10.6 Å². The number of rotatable bonds is 8. The van der Waals surface area contributed by atoms with Crippen LogP contribution in [0, 0.1) is 6.92 Å². The molecule has 0 spiro atoms. The first kappa shape index (κ1) is 19.9. The van der Waals surface area contributed by atoms with Crippen molar-refractivity contribution in [3.63, 3.8) is 0 Å². The average molecular weight is 402 g/mol. The molecule has 0 saturated carbocycles. The molecule has 0 heterocycles. The quantitative estimate of drug-likeness (QED) is 0.689. The van der Waals surface area contributed by atoms with E-state index in [-0.39, 0.29) is 29.4 Å². The van der Waals surface area contributed by atoms with Crippen molar-refractivity contribution in [2.45, 2.75) is 24.0 Å². The number of sulfonamides is 1. The number of benzene rings is 2. The van der Waals surface area contributed by atoms with E-state index in [1.165, 1.54) is 12.1 Å². The maximum absolute atomic E-state index is 12.3. The molecule has 0 aliphatic rings. The minimum atomic E-state index is -3.69. The van der Waals surface area contributed by atoms with Gasteiger partial charge < -0.3 is 0 Å². The van der Waals surface area contributed by atoms with Gasteiger partial charge in [-0.05, 0) is 42.7 Å². The number of sulfone groups is 1. The minimum absolute atomic E-state index is 0.0448. The van der Waals surface area contributed by atoms with Crippen LogP contribution in [0.3, 0.4) is 0 Å². The molecule has 25 heavy (non-hydrogen) atoms. The minimum Gasteiger partial charge on any atom is -0.228 e. The molecular formula is C17H20ClNO4S2. The number of nitrogens with one attached hydrogen (secondary N) is 1. The van der Waals surface area contributed by atoms with Crippen LogP contribution in [-0.4, -0.2) is 29.1 Å². The third kappa shape index (κ3) is 6.11. The molecular weight excluding hydrogens is 382 g/mol. The Kier molecular flexibility index (Phi) is 6.62. The highest BCUT2D eigenvalue weighted by Gasteiger charge is 2.17. The molecule has 2 aromatic carbocycles. The summed E-state index contributed by atoms with van der Waals surface area (Å²) in [5.41, 5.74) is 1.26.